The van der Waals surface area contributed by atoms with Gasteiger partial charge in [-0.3, -0.25) is 0 Å². The normalized spacial score (nSPS) is 25.0. The van der Waals surface area contributed by atoms with E-state index in [9.17, 15) is 0 Å². The highest BCUT2D eigenvalue weighted by Gasteiger charge is 2.12. The Kier molecular flexibility index (Phi) is 4.71. The van der Waals surface area contributed by atoms with Gasteiger partial charge in [0, 0.05) is 6.61 Å². The van der Waals surface area contributed by atoms with Crippen LogP contribution in [-0.2, 0) is 0 Å². The zero-order valence-electron chi connectivity index (χ0n) is 6.83. The third-order valence-electron chi connectivity index (χ3n) is 1.96. The van der Waals surface area contributed by atoms with Gasteiger partial charge in [-0.25, -0.2) is 0 Å². The Balaban J connectivity index is 2.01. The molecule has 0 aromatic rings. The van der Waals surface area contributed by atoms with E-state index in [4.69, 9.17) is 5.11 Å². The quantitative estimate of drug-likeness (QED) is 0.655. The van der Waals surface area contributed by atoms with Crippen LogP contribution in [0.2, 0.25) is 0 Å². The largest absolute Gasteiger partial charge is 0.396 e. The van der Waals surface area contributed by atoms with Gasteiger partial charge in [0.05, 0.1) is 0 Å². The Morgan fingerprint density at radius 3 is 3.00 bits per heavy atom. The summed E-state index contributed by atoms with van der Waals surface area (Å²) in [6.07, 6.45) is 7.72. The lowest BCUT2D eigenvalue weighted by atomic mass is 10.1. The highest BCUT2D eigenvalue weighted by atomic mass is 32.2. The molecule has 1 nitrogen and oxygen atoms in total. The van der Waals surface area contributed by atoms with Gasteiger partial charge >= 0.3 is 0 Å². The Morgan fingerprint density at radius 1 is 1.45 bits per heavy atom. The summed E-state index contributed by atoms with van der Waals surface area (Å²) in [7, 11) is 0. The molecule has 0 aliphatic carbocycles. The highest BCUT2D eigenvalue weighted by molar-refractivity contribution is 7.99. The molecule has 11 heavy (non-hydrogen) atoms. The average Bonchev–Trinajstić information content (AvgIpc) is 2.50. The predicted octanol–water partition coefficient (Wildman–Crippen LogP) is 2.07. The third kappa shape index (κ3) is 3.82. The average molecular weight is 172 g/mol. The summed E-state index contributed by atoms with van der Waals surface area (Å²) < 4.78 is 0. The molecule has 0 spiro atoms. The summed E-state index contributed by atoms with van der Waals surface area (Å²) in [5.74, 6) is 3.59. The number of allylic oxidation sites excluding steroid dienone is 1. The van der Waals surface area contributed by atoms with Crippen LogP contribution in [0.25, 0.3) is 0 Å². The van der Waals surface area contributed by atoms with Crippen LogP contribution in [0.5, 0.6) is 0 Å². The van der Waals surface area contributed by atoms with Gasteiger partial charge in [0.15, 0.2) is 0 Å². The Morgan fingerprint density at radius 2 is 2.36 bits per heavy atom. The van der Waals surface area contributed by atoms with E-state index in [1.165, 1.54) is 24.3 Å². The van der Waals surface area contributed by atoms with Crippen molar-refractivity contribution < 1.29 is 5.11 Å². The first kappa shape index (κ1) is 9.14. The molecule has 0 bridgehead atoms. The van der Waals surface area contributed by atoms with E-state index in [0.29, 0.717) is 0 Å². The standard InChI is InChI=1S/C9H16OS/c10-6-3-1-2-4-9-5-7-11-8-9/h1-2,9-10H,3-8H2/b2-1-. The molecule has 1 fully saturated rings. The maximum Gasteiger partial charge on any atom is 0.0465 e. The first-order chi connectivity index (χ1) is 5.43. The monoisotopic (exact) mass is 172 g/mol. The molecule has 1 rings (SSSR count). The van der Waals surface area contributed by atoms with E-state index in [1.54, 1.807) is 0 Å². The summed E-state index contributed by atoms with van der Waals surface area (Å²) in [4.78, 5) is 0. The number of aliphatic hydroxyl groups excluding tert-OH is 1. The van der Waals surface area contributed by atoms with Crippen molar-refractivity contribution in [2.24, 2.45) is 5.92 Å². The molecular weight excluding hydrogens is 156 g/mol. The van der Waals surface area contributed by atoms with E-state index < -0.39 is 0 Å². The van der Waals surface area contributed by atoms with Crippen molar-refractivity contribution in [3.8, 4) is 0 Å². The van der Waals surface area contributed by atoms with Crippen molar-refractivity contribution in [3.63, 3.8) is 0 Å². The predicted molar refractivity (Wildman–Crippen MR) is 50.9 cm³/mol. The topological polar surface area (TPSA) is 20.2 Å². The molecule has 1 aliphatic heterocycles. The first-order valence-electron chi connectivity index (χ1n) is 4.27. The lowest BCUT2D eigenvalue weighted by Gasteiger charge is -2.01. The third-order valence-corrected chi connectivity index (χ3v) is 3.19. The van der Waals surface area contributed by atoms with Crippen LogP contribution >= 0.6 is 11.8 Å². The van der Waals surface area contributed by atoms with Gasteiger partial charge in [0.25, 0.3) is 0 Å². The van der Waals surface area contributed by atoms with Crippen LogP contribution in [0.4, 0.5) is 0 Å². The number of aliphatic hydroxyl groups is 1. The van der Waals surface area contributed by atoms with Crippen molar-refractivity contribution in [1.82, 2.24) is 0 Å². The minimum absolute atomic E-state index is 0.288. The first-order valence-corrected chi connectivity index (χ1v) is 5.42. The molecule has 64 valence electrons. The second-order valence-electron chi connectivity index (χ2n) is 2.95. The molecule has 1 unspecified atom stereocenters. The van der Waals surface area contributed by atoms with Gasteiger partial charge < -0.3 is 5.11 Å². The van der Waals surface area contributed by atoms with Gasteiger partial charge in [-0.2, -0.15) is 11.8 Å². The van der Waals surface area contributed by atoms with Gasteiger partial charge in [-0.05, 0) is 36.7 Å². The lowest BCUT2D eigenvalue weighted by molar-refractivity contribution is 0.302. The van der Waals surface area contributed by atoms with Crippen LogP contribution < -0.4 is 0 Å². The van der Waals surface area contributed by atoms with Crippen molar-refractivity contribution in [2.75, 3.05) is 18.1 Å². The highest BCUT2D eigenvalue weighted by Crippen LogP contribution is 2.26. The van der Waals surface area contributed by atoms with Gasteiger partial charge in [-0.15, -0.1) is 0 Å². The van der Waals surface area contributed by atoms with Crippen molar-refractivity contribution in [2.45, 2.75) is 19.3 Å². The summed E-state index contributed by atoms with van der Waals surface area (Å²) in [5.41, 5.74) is 0. The van der Waals surface area contributed by atoms with Gasteiger partial charge in [-0.1, -0.05) is 12.2 Å². The second-order valence-corrected chi connectivity index (χ2v) is 4.10. The molecule has 0 amide bonds. The molecule has 0 aromatic carbocycles. The van der Waals surface area contributed by atoms with Crippen LogP contribution in [-0.4, -0.2) is 23.2 Å². The fourth-order valence-electron chi connectivity index (χ4n) is 1.25. The van der Waals surface area contributed by atoms with Crippen LogP contribution in [0, 0.1) is 5.92 Å². The maximum absolute atomic E-state index is 8.50. The van der Waals surface area contributed by atoms with Crippen molar-refractivity contribution in [3.05, 3.63) is 12.2 Å². The summed E-state index contributed by atoms with van der Waals surface area (Å²) in [6, 6.07) is 0. The summed E-state index contributed by atoms with van der Waals surface area (Å²) in [6.45, 7) is 0.288. The zero-order chi connectivity index (χ0) is 7.94. The molecule has 0 aromatic heterocycles. The molecule has 0 saturated carbocycles. The molecule has 1 heterocycles. The maximum atomic E-state index is 8.50. The van der Waals surface area contributed by atoms with E-state index >= 15 is 0 Å². The molecule has 2 heteroatoms. The molecule has 1 N–H and O–H groups in total. The Bertz CT molecular complexity index is 117. The van der Waals surface area contributed by atoms with E-state index in [0.717, 1.165) is 12.3 Å². The minimum atomic E-state index is 0.288. The zero-order valence-corrected chi connectivity index (χ0v) is 7.65. The van der Waals surface area contributed by atoms with Crippen LogP contribution in [0.3, 0.4) is 0 Å². The fraction of sp³-hybridized carbons (Fsp3) is 0.778. The summed E-state index contributed by atoms with van der Waals surface area (Å²) in [5, 5.41) is 8.50. The van der Waals surface area contributed by atoms with Crippen LogP contribution in [0.15, 0.2) is 12.2 Å². The van der Waals surface area contributed by atoms with E-state index in [1.807, 2.05) is 0 Å². The molecule has 1 saturated heterocycles. The van der Waals surface area contributed by atoms with E-state index in [2.05, 4.69) is 23.9 Å². The number of hydrogen-bond acceptors (Lipinski definition) is 2. The fourth-order valence-corrected chi connectivity index (χ4v) is 2.55. The van der Waals surface area contributed by atoms with Gasteiger partial charge in [0.2, 0.25) is 0 Å². The summed E-state index contributed by atoms with van der Waals surface area (Å²) >= 11 is 2.06. The lowest BCUT2D eigenvalue weighted by Crippen LogP contribution is -1.94. The smallest absolute Gasteiger partial charge is 0.0465 e. The molecule has 1 atom stereocenters. The van der Waals surface area contributed by atoms with Crippen molar-refractivity contribution in [1.29, 1.82) is 0 Å². The number of thioether (sulfide) groups is 1. The minimum Gasteiger partial charge on any atom is -0.396 e. The number of hydrogen-bond donors (Lipinski definition) is 1. The van der Waals surface area contributed by atoms with E-state index in [-0.39, 0.29) is 6.61 Å². The SMILES string of the molecule is OCC/C=C\CC1CCSC1. The Labute approximate surface area is 72.9 Å². The molecular formula is C9H16OS. The molecule has 0 radical (unpaired) electrons. The molecule has 1 aliphatic rings. The Hall–Kier alpha value is 0.0500. The van der Waals surface area contributed by atoms with Crippen molar-refractivity contribution >= 4 is 11.8 Å². The number of rotatable bonds is 4. The van der Waals surface area contributed by atoms with Gasteiger partial charge in [0.1, 0.15) is 0 Å². The second kappa shape index (κ2) is 5.67. The van der Waals surface area contributed by atoms with Crippen LogP contribution in [0.1, 0.15) is 19.3 Å².